The van der Waals surface area contributed by atoms with E-state index in [9.17, 15) is 0 Å². The van der Waals surface area contributed by atoms with E-state index in [0.29, 0.717) is 0 Å². The van der Waals surface area contributed by atoms with E-state index in [1.807, 2.05) is 6.20 Å². The lowest BCUT2D eigenvalue weighted by Crippen LogP contribution is -1.79. The summed E-state index contributed by atoms with van der Waals surface area (Å²) in [6.45, 7) is 2.16. The molecule has 0 unspecified atom stereocenters. The van der Waals surface area contributed by atoms with Crippen LogP contribution < -0.4 is 0 Å². The van der Waals surface area contributed by atoms with Crippen LogP contribution in [0.3, 0.4) is 0 Å². The highest BCUT2D eigenvalue weighted by atomic mass is 14.7. The SMILES string of the molecule is Cc1cc2[nH]ccc2c2ccccc12. The minimum absolute atomic E-state index is 1.22. The third-order valence-corrected chi connectivity index (χ3v) is 2.78. The Morgan fingerprint density at radius 1 is 0.929 bits per heavy atom. The van der Waals surface area contributed by atoms with Crippen LogP contribution in [0.25, 0.3) is 21.7 Å². The Labute approximate surface area is 82.4 Å². The van der Waals surface area contributed by atoms with Crippen LogP contribution in [0.1, 0.15) is 5.56 Å². The van der Waals surface area contributed by atoms with Gasteiger partial charge < -0.3 is 4.98 Å². The maximum atomic E-state index is 3.25. The summed E-state index contributed by atoms with van der Waals surface area (Å²) in [6, 6.07) is 12.9. The Balaban J connectivity index is 2.67. The Morgan fingerprint density at radius 3 is 2.57 bits per heavy atom. The second kappa shape index (κ2) is 2.61. The van der Waals surface area contributed by atoms with Gasteiger partial charge in [-0.3, -0.25) is 0 Å². The zero-order valence-electron chi connectivity index (χ0n) is 8.04. The average molecular weight is 181 g/mol. The minimum atomic E-state index is 1.22. The molecule has 68 valence electrons. The fourth-order valence-electron chi connectivity index (χ4n) is 2.09. The fourth-order valence-corrected chi connectivity index (χ4v) is 2.09. The predicted molar refractivity (Wildman–Crippen MR) is 60.5 cm³/mol. The summed E-state index contributed by atoms with van der Waals surface area (Å²) in [5, 5.41) is 3.99. The summed E-state index contributed by atoms with van der Waals surface area (Å²) >= 11 is 0. The zero-order valence-corrected chi connectivity index (χ0v) is 8.04. The van der Waals surface area contributed by atoms with E-state index in [2.05, 4.69) is 48.3 Å². The number of aromatic nitrogens is 1. The zero-order chi connectivity index (χ0) is 9.54. The molecular weight excluding hydrogens is 170 g/mol. The monoisotopic (exact) mass is 181 g/mol. The molecule has 0 saturated carbocycles. The van der Waals surface area contributed by atoms with Gasteiger partial charge in [0.15, 0.2) is 0 Å². The van der Waals surface area contributed by atoms with Gasteiger partial charge in [0.25, 0.3) is 0 Å². The lowest BCUT2D eigenvalue weighted by atomic mass is 10.0. The van der Waals surface area contributed by atoms with Crippen LogP contribution in [0.4, 0.5) is 0 Å². The quantitative estimate of drug-likeness (QED) is 0.545. The lowest BCUT2D eigenvalue weighted by Gasteiger charge is -2.03. The minimum Gasteiger partial charge on any atom is -0.361 e. The number of hydrogen-bond donors (Lipinski definition) is 1. The van der Waals surface area contributed by atoms with Crippen molar-refractivity contribution in [1.29, 1.82) is 0 Å². The van der Waals surface area contributed by atoms with Crippen molar-refractivity contribution in [1.82, 2.24) is 4.98 Å². The maximum absolute atomic E-state index is 3.25. The first-order chi connectivity index (χ1) is 6.86. The van der Waals surface area contributed by atoms with Gasteiger partial charge in [-0.15, -0.1) is 0 Å². The second-order valence-electron chi connectivity index (χ2n) is 3.68. The maximum Gasteiger partial charge on any atom is 0.0463 e. The largest absolute Gasteiger partial charge is 0.361 e. The van der Waals surface area contributed by atoms with Crippen LogP contribution in [-0.4, -0.2) is 4.98 Å². The molecule has 2 aromatic carbocycles. The number of aryl methyl sites for hydroxylation is 1. The summed E-state index contributed by atoms with van der Waals surface area (Å²) in [7, 11) is 0. The van der Waals surface area contributed by atoms with Crippen molar-refractivity contribution in [2.75, 3.05) is 0 Å². The van der Waals surface area contributed by atoms with Crippen molar-refractivity contribution in [3.05, 3.63) is 48.2 Å². The van der Waals surface area contributed by atoms with Crippen LogP contribution in [0.2, 0.25) is 0 Å². The van der Waals surface area contributed by atoms with Crippen molar-refractivity contribution in [3.8, 4) is 0 Å². The molecule has 0 atom stereocenters. The second-order valence-corrected chi connectivity index (χ2v) is 3.68. The molecule has 0 aliphatic heterocycles. The highest BCUT2D eigenvalue weighted by molar-refractivity contribution is 6.07. The molecule has 0 bridgehead atoms. The molecule has 3 rings (SSSR count). The molecule has 14 heavy (non-hydrogen) atoms. The number of rotatable bonds is 0. The van der Waals surface area contributed by atoms with Gasteiger partial charge in [-0.25, -0.2) is 0 Å². The van der Waals surface area contributed by atoms with Gasteiger partial charge >= 0.3 is 0 Å². The van der Waals surface area contributed by atoms with Gasteiger partial charge in [-0.2, -0.15) is 0 Å². The van der Waals surface area contributed by atoms with Crippen molar-refractivity contribution in [2.24, 2.45) is 0 Å². The Morgan fingerprint density at radius 2 is 1.71 bits per heavy atom. The van der Waals surface area contributed by atoms with Crippen LogP contribution in [0.15, 0.2) is 42.6 Å². The average Bonchev–Trinajstić information content (AvgIpc) is 2.66. The first-order valence-electron chi connectivity index (χ1n) is 4.82. The van der Waals surface area contributed by atoms with Crippen molar-refractivity contribution in [2.45, 2.75) is 6.92 Å². The standard InChI is InChI=1S/C13H11N/c1-9-8-13-12(6-7-14-13)11-5-3-2-4-10(9)11/h2-8,14H,1H3. The van der Waals surface area contributed by atoms with E-state index in [1.165, 1.54) is 27.2 Å². The van der Waals surface area contributed by atoms with E-state index < -0.39 is 0 Å². The molecule has 1 aromatic heterocycles. The Bertz CT molecular complexity index is 605. The highest BCUT2D eigenvalue weighted by Crippen LogP contribution is 2.27. The van der Waals surface area contributed by atoms with Crippen molar-refractivity contribution >= 4 is 21.7 Å². The Hall–Kier alpha value is -1.76. The van der Waals surface area contributed by atoms with E-state index in [4.69, 9.17) is 0 Å². The predicted octanol–water partition coefficient (Wildman–Crippen LogP) is 3.63. The molecule has 0 fully saturated rings. The third-order valence-electron chi connectivity index (χ3n) is 2.78. The highest BCUT2D eigenvalue weighted by Gasteiger charge is 2.02. The van der Waals surface area contributed by atoms with E-state index in [-0.39, 0.29) is 0 Å². The lowest BCUT2D eigenvalue weighted by molar-refractivity contribution is 1.46. The summed E-state index contributed by atoms with van der Waals surface area (Å²) in [4.78, 5) is 3.25. The third kappa shape index (κ3) is 0.896. The summed E-state index contributed by atoms with van der Waals surface area (Å²) < 4.78 is 0. The molecule has 0 radical (unpaired) electrons. The van der Waals surface area contributed by atoms with Crippen LogP contribution >= 0.6 is 0 Å². The van der Waals surface area contributed by atoms with Gasteiger partial charge in [0.1, 0.15) is 0 Å². The summed E-state index contributed by atoms with van der Waals surface area (Å²) in [5.74, 6) is 0. The van der Waals surface area contributed by atoms with E-state index >= 15 is 0 Å². The molecule has 1 nitrogen and oxygen atoms in total. The van der Waals surface area contributed by atoms with Crippen LogP contribution in [0, 0.1) is 6.92 Å². The molecule has 0 amide bonds. The van der Waals surface area contributed by atoms with Crippen LogP contribution in [0.5, 0.6) is 0 Å². The number of nitrogens with one attached hydrogen (secondary N) is 1. The summed E-state index contributed by atoms with van der Waals surface area (Å²) in [6.07, 6.45) is 2.00. The van der Waals surface area contributed by atoms with Gasteiger partial charge in [0.05, 0.1) is 0 Å². The molecule has 1 heterocycles. The Kier molecular flexibility index (Phi) is 1.42. The molecule has 1 heteroatoms. The van der Waals surface area contributed by atoms with Crippen molar-refractivity contribution in [3.63, 3.8) is 0 Å². The molecule has 0 aliphatic carbocycles. The van der Waals surface area contributed by atoms with Crippen LogP contribution in [-0.2, 0) is 0 Å². The smallest absolute Gasteiger partial charge is 0.0463 e. The number of H-pyrrole nitrogens is 1. The molecule has 0 saturated heterocycles. The van der Waals surface area contributed by atoms with E-state index in [1.54, 1.807) is 0 Å². The number of hydrogen-bond acceptors (Lipinski definition) is 0. The first kappa shape index (κ1) is 7.63. The molecule has 0 spiro atoms. The fraction of sp³-hybridized carbons (Fsp3) is 0.0769. The number of benzene rings is 2. The normalized spacial score (nSPS) is 11.2. The van der Waals surface area contributed by atoms with Gasteiger partial charge in [-0.05, 0) is 35.4 Å². The van der Waals surface area contributed by atoms with E-state index in [0.717, 1.165) is 0 Å². The van der Waals surface area contributed by atoms with Gasteiger partial charge in [0.2, 0.25) is 0 Å². The first-order valence-corrected chi connectivity index (χ1v) is 4.82. The molecule has 0 aliphatic rings. The summed E-state index contributed by atoms with van der Waals surface area (Å²) in [5.41, 5.74) is 2.55. The van der Waals surface area contributed by atoms with Crippen molar-refractivity contribution < 1.29 is 0 Å². The molecular formula is C13H11N. The van der Waals surface area contributed by atoms with Gasteiger partial charge in [0, 0.05) is 17.1 Å². The molecule has 1 N–H and O–H groups in total. The topological polar surface area (TPSA) is 15.8 Å². The number of fused-ring (bicyclic) bond motifs is 3. The molecule has 3 aromatic rings. The number of aromatic amines is 1. The van der Waals surface area contributed by atoms with Gasteiger partial charge in [-0.1, -0.05) is 24.3 Å².